The third-order valence-corrected chi connectivity index (χ3v) is 11.7. The van der Waals surface area contributed by atoms with E-state index in [0.717, 1.165) is 48.3 Å². The van der Waals surface area contributed by atoms with Gasteiger partial charge in [-0.3, -0.25) is 9.59 Å². The van der Waals surface area contributed by atoms with Gasteiger partial charge in [-0.05, 0) is 104 Å². The molecule has 4 saturated carbocycles. The van der Waals surface area contributed by atoms with Gasteiger partial charge in [0.05, 0.1) is 0 Å². The molecule has 4 fully saturated rings. The fourth-order valence-corrected chi connectivity index (χ4v) is 9.95. The van der Waals surface area contributed by atoms with E-state index in [0.29, 0.717) is 10.8 Å². The van der Waals surface area contributed by atoms with Crippen molar-refractivity contribution in [1.29, 1.82) is 0 Å². The standard InChI is InChI=1S/C31H52O4/c1-20(10-9-11-21(2)29(34-22(3)32)35-23(4)33)26-15-16-27-25-14-13-24-12-7-8-18-30(24,5)28(25)17-19-31(26,27)6/h20-21,24-29H,7-19H2,1-6H3/t20-,21?,24?,25+,26-,27+,28+,30+,31-/m1/s1. The van der Waals surface area contributed by atoms with E-state index in [1.54, 1.807) is 0 Å². The Labute approximate surface area is 214 Å². The Hall–Kier alpha value is -1.06. The highest BCUT2D eigenvalue weighted by atomic mass is 16.7. The first-order chi connectivity index (χ1) is 16.6. The van der Waals surface area contributed by atoms with Crippen molar-refractivity contribution in [3.63, 3.8) is 0 Å². The Morgan fingerprint density at radius 1 is 0.800 bits per heavy atom. The van der Waals surface area contributed by atoms with Gasteiger partial charge < -0.3 is 9.47 Å². The third-order valence-electron chi connectivity index (χ3n) is 11.7. The molecule has 0 amide bonds. The fourth-order valence-electron chi connectivity index (χ4n) is 9.95. The molecule has 35 heavy (non-hydrogen) atoms. The molecule has 200 valence electrons. The molecule has 4 heteroatoms. The molecule has 0 saturated heterocycles. The normalized spacial score (nSPS) is 40.3. The monoisotopic (exact) mass is 488 g/mol. The summed E-state index contributed by atoms with van der Waals surface area (Å²) in [5.41, 5.74) is 1.14. The Morgan fingerprint density at radius 3 is 2.17 bits per heavy atom. The van der Waals surface area contributed by atoms with E-state index in [2.05, 4.69) is 20.8 Å². The zero-order valence-electron chi connectivity index (χ0n) is 23.4. The Bertz CT molecular complexity index is 747. The summed E-state index contributed by atoms with van der Waals surface area (Å²) >= 11 is 0. The van der Waals surface area contributed by atoms with Crippen LogP contribution in [0.2, 0.25) is 0 Å². The van der Waals surface area contributed by atoms with Crippen molar-refractivity contribution in [2.24, 2.45) is 52.3 Å². The van der Waals surface area contributed by atoms with E-state index in [1.807, 2.05) is 6.92 Å². The summed E-state index contributed by atoms with van der Waals surface area (Å²) in [6, 6.07) is 0. The van der Waals surface area contributed by atoms with Crippen LogP contribution in [0.5, 0.6) is 0 Å². The van der Waals surface area contributed by atoms with Crippen molar-refractivity contribution in [2.45, 2.75) is 131 Å². The van der Waals surface area contributed by atoms with Gasteiger partial charge in [0.15, 0.2) is 0 Å². The second-order valence-electron chi connectivity index (χ2n) is 13.6. The van der Waals surface area contributed by atoms with Gasteiger partial charge in [0.25, 0.3) is 0 Å². The lowest BCUT2D eigenvalue weighted by Gasteiger charge is -2.61. The van der Waals surface area contributed by atoms with Gasteiger partial charge >= 0.3 is 11.9 Å². The highest BCUT2D eigenvalue weighted by molar-refractivity contribution is 5.68. The first-order valence-electron chi connectivity index (χ1n) is 14.9. The quantitative estimate of drug-likeness (QED) is 0.257. The summed E-state index contributed by atoms with van der Waals surface area (Å²) in [6.45, 7) is 12.6. The third kappa shape index (κ3) is 5.33. The molecule has 0 aromatic heterocycles. The summed E-state index contributed by atoms with van der Waals surface area (Å²) in [5.74, 6) is 4.67. The van der Waals surface area contributed by atoms with Crippen molar-refractivity contribution in [3.05, 3.63) is 0 Å². The maximum atomic E-state index is 11.4. The summed E-state index contributed by atoms with van der Waals surface area (Å²) in [6.07, 6.45) is 17.1. The molecule has 0 bridgehead atoms. The number of carbonyl (C=O) groups excluding carboxylic acids is 2. The smallest absolute Gasteiger partial charge is 0.305 e. The highest BCUT2D eigenvalue weighted by Gasteiger charge is 2.60. The van der Waals surface area contributed by atoms with Crippen LogP contribution in [0.15, 0.2) is 0 Å². The summed E-state index contributed by atoms with van der Waals surface area (Å²) < 4.78 is 10.6. The van der Waals surface area contributed by atoms with Crippen molar-refractivity contribution >= 4 is 11.9 Å². The molecule has 0 N–H and O–H groups in total. The predicted octanol–water partition coefficient (Wildman–Crippen LogP) is 7.93. The first kappa shape index (κ1) is 27.0. The van der Waals surface area contributed by atoms with Crippen LogP contribution in [0, 0.1) is 52.3 Å². The second-order valence-corrected chi connectivity index (χ2v) is 13.6. The van der Waals surface area contributed by atoms with Crippen molar-refractivity contribution in [1.82, 2.24) is 0 Å². The molecule has 0 aromatic carbocycles. The molecular weight excluding hydrogens is 436 g/mol. The first-order valence-corrected chi connectivity index (χ1v) is 14.9. The van der Waals surface area contributed by atoms with E-state index in [4.69, 9.17) is 9.47 Å². The Morgan fingerprint density at radius 2 is 1.49 bits per heavy atom. The van der Waals surface area contributed by atoms with Gasteiger partial charge in [-0.15, -0.1) is 0 Å². The molecule has 0 heterocycles. The SMILES string of the molecule is CC(=O)OC(OC(C)=O)C(C)CCC[C@@H](C)[C@H]1CC[C@H]2[C@@H]3CCC4CCCC[C@]4(C)[C@H]3CC[C@]12C. The average molecular weight is 489 g/mol. The van der Waals surface area contributed by atoms with Crippen LogP contribution < -0.4 is 0 Å². The summed E-state index contributed by atoms with van der Waals surface area (Å²) in [5, 5.41) is 0. The molecule has 0 spiro atoms. The van der Waals surface area contributed by atoms with Gasteiger partial charge in [0.2, 0.25) is 6.29 Å². The predicted molar refractivity (Wildman–Crippen MR) is 139 cm³/mol. The number of rotatable bonds is 8. The van der Waals surface area contributed by atoms with E-state index in [1.165, 1.54) is 84.5 Å². The zero-order chi connectivity index (χ0) is 25.4. The number of hydrogen-bond donors (Lipinski definition) is 0. The minimum Gasteiger partial charge on any atom is -0.425 e. The van der Waals surface area contributed by atoms with Crippen LogP contribution in [-0.2, 0) is 19.1 Å². The zero-order valence-corrected chi connectivity index (χ0v) is 23.4. The molecular formula is C31H52O4. The maximum absolute atomic E-state index is 11.4. The van der Waals surface area contributed by atoms with E-state index >= 15 is 0 Å². The molecule has 2 unspecified atom stereocenters. The molecule has 4 aliphatic rings. The minimum absolute atomic E-state index is 0.0174. The van der Waals surface area contributed by atoms with E-state index in [9.17, 15) is 9.59 Å². The lowest BCUT2D eigenvalue weighted by molar-refractivity contribution is -0.194. The molecule has 9 atom stereocenters. The Kier molecular flexibility index (Phi) is 8.28. The van der Waals surface area contributed by atoms with Crippen molar-refractivity contribution in [2.75, 3.05) is 0 Å². The largest absolute Gasteiger partial charge is 0.425 e. The van der Waals surface area contributed by atoms with Gasteiger partial charge in [0, 0.05) is 19.8 Å². The highest BCUT2D eigenvalue weighted by Crippen LogP contribution is 2.68. The van der Waals surface area contributed by atoms with Gasteiger partial charge in [-0.2, -0.15) is 0 Å². The summed E-state index contributed by atoms with van der Waals surface area (Å²) in [4.78, 5) is 22.9. The van der Waals surface area contributed by atoms with E-state index < -0.39 is 18.2 Å². The van der Waals surface area contributed by atoms with Crippen LogP contribution >= 0.6 is 0 Å². The Balaban J connectivity index is 1.34. The minimum atomic E-state index is -0.764. The molecule has 4 nitrogen and oxygen atoms in total. The van der Waals surface area contributed by atoms with Crippen LogP contribution in [0.3, 0.4) is 0 Å². The topological polar surface area (TPSA) is 52.6 Å². The van der Waals surface area contributed by atoms with Crippen LogP contribution in [0.4, 0.5) is 0 Å². The van der Waals surface area contributed by atoms with Gasteiger partial charge in [0.1, 0.15) is 0 Å². The number of esters is 2. The van der Waals surface area contributed by atoms with Crippen molar-refractivity contribution < 1.29 is 19.1 Å². The van der Waals surface area contributed by atoms with E-state index in [-0.39, 0.29) is 5.92 Å². The lowest BCUT2D eigenvalue weighted by atomic mass is 9.44. The lowest BCUT2D eigenvalue weighted by Crippen LogP contribution is -2.53. The molecule has 4 aliphatic carbocycles. The van der Waals surface area contributed by atoms with Gasteiger partial charge in [-0.1, -0.05) is 53.4 Å². The van der Waals surface area contributed by atoms with Crippen LogP contribution in [0.1, 0.15) is 125 Å². The second kappa shape index (κ2) is 10.7. The molecule has 0 aromatic rings. The fraction of sp³-hybridized carbons (Fsp3) is 0.935. The molecule has 4 rings (SSSR count). The number of ether oxygens (including phenoxy) is 2. The average Bonchev–Trinajstić information content (AvgIpc) is 3.14. The van der Waals surface area contributed by atoms with Crippen LogP contribution in [-0.4, -0.2) is 18.2 Å². The number of carbonyl (C=O) groups is 2. The number of fused-ring (bicyclic) bond motifs is 5. The maximum Gasteiger partial charge on any atom is 0.305 e. The van der Waals surface area contributed by atoms with Gasteiger partial charge in [-0.25, -0.2) is 0 Å². The number of hydrogen-bond acceptors (Lipinski definition) is 4. The molecule has 0 aliphatic heterocycles. The van der Waals surface area contributed by atoms with Crippen molar-refractivity contribution in [3.8, 4) is 0 Å². The van der Waals surface area contributed by atoms with Crippen LogP contribution in [0.25, 0.3) is 0 Å². The molecule has 0 radical (unpaired) electrons. The summed E-state index contributed by atoms with van der Waals surface area (Å²) in [7, 11) is 0.